The highest BCUT2D eigenvalue weighted by Gasteiger charge is 2.71. The van der Waals surface area contributed by atoms with Crippen LogP contribution in [0, 0.1) is 52.6 Å². The first kappa shape index (κ1) is 35.7. The molecule has 1 aromatic heterocycles. The Kier molecular flexibility index (Phi) is 8.80. The molecule has 17 atom stereocenters. The largest absolute Gasteiger partial charge is 0.619 e. The van der Waals surface area contributed by atoms with E-state index in [9.17, 15) is 10.0 Å². The Balaban J connectivity index is 0.995. The molecule has 2 aliphatic carbocycles. The second kappa shape index (κ2) is 12.8. The normalized spacial score (nSPS) is 51.0. The van der Waals surface area contributed by atoms with E-state index in [4.69, 9.17) is 48.0 Å². The number of hydrogen-bond donors (Lipinski definition) is 0. The topological polar surface area (TPSA) is 136 Å². The molecule has 2 spiro atoms. The Labute approximate surface area is 305 Å². The van der Waals surface area contributed by atoms with Crippen LogP contribution in [0.5, 0.6) is 0 Å². The van der Waals surface area contributed by atoms with Crippen LogP contribution in [0.3, 0.4) is 0 Å². The molecule has 10 fully saturated rings. The summed E-state index contributed by atoms with van der Waals surface area (Å²) in [7, 11) is 0. The third-order valence-corrected chi connectivity index (χ3v) is 14.7. The first-order valence-corrected chi connectivity index (χ1v) is 19.8. The molecule has 13 heteroatoms. The first-order valence-electron chi connectivity index (χ1n) is 19.8. The second-order valence-corrected chi connectivity index (χ2v) is 17.8. The minimum absolute atomic E-state index is 0.0408. The monoisotopic (exact) mass is 729 g/mol. The van der Waals surface area contributed by atoms with Crippen molar-refractivity contribution in [2.24, 2.45) is 47.3 Å². The van der Waals surface area contributed by atoms with Gasteiger partial charge in [0, 0.05) is 49.1 Å². The van der Waals surface area contributed by atoms with Gasteiger partial charge in [-0.1, -0.05) is 27.7 Å². The predicted octanol–water partition coefficient (Wildman–Crippen LogP) is 5.71. The van der Waals surface area contributed by atoms with Crippen LogP contribution in [0.25, 0.3) is 0 Å². The Morgan fingerprint density at radius 3 is 1.94 bits per heavy atom. The van der Waals surface area contributed by atoms with E-state index in [1.54, 1.807) is 0 Å². The van der Waals surface area contributed by atoms with Gasteiger partial charge in [0.1, 0.15) is 6.61 Å². The Morgan fingerprint density at radius 2 is 1.35 bits per heavy atom. The van der Waals surface area contributed by atoms with Crippen LogP contribution >= 0.6 is 0 Å². The van der Waals surface area contributed by atoms with E-state index in [1.807, 2.05) is 13.8 Å². The smallest absolute Gasteiger partial charge is 0.338 e. The molecule has 1 aromatic rings. The summed E-state index contributed by atoms with van der Waals surface area (Å²) in [4.78, 5) is 38.1. The van der Waals surface area contributed by atoms with E-state index in [-0.39, 0.29) is 53.8 Å². The Morgan fingerprint density at radius 1 is 0.788 bits per heavy atom. The van der Waals surface area contributed by atoms with Gasteiger partial charge in [-0.25, -0.2) is 24.3 Å². The molecule has 0 N–H and O–H groups in total. The van der Waals surface area contributed by atoms with E-state index in [2.05, 4.69) is 27.7 Å². The number of carbonyl (C=O) groups is 1. The summed E-state index contributed by atoms with van der Waals surface area (Å²) in [6, 6.07) is 2.90. The molecule has 1 unspecified atom stereocenters. The molecule has 8 saturated heterocycles. The number of ether oxygens (including phenoxy) is 6. The van der Waals surface area contributed by atoms with Crippen molar-refractivity contribution in [2.45, 2.75) is 153 Å². The average Bonchev–Trinajstić information content (AvgIpc) is 3.49. The lowest BCUT2D eigenvalue weighted by Gasteiger charge is -2.61. The lowest BCUT2D eigenvalue weighted by Crippen LogP contribution is -2.71. The van der Waals surface area contributed by atoms with E-state index in [1.165, 1.54) is 24.5 Å². The highest BCUT2D eigenvalue weighted by Crippen LogP contribution is 2.62. The Bertz CT molecular complexity index is 1430. The summed E-state index contributed by atoms with van der Waals surface area (Å²) in [6.07, 6.45) is 7.60. The number of hydrogen-bond acceptors (Lipinski definition) is 12. The molecule has 10 aliphatic rings. The maximum Gasteiger partial charge on any atom is 0.338 e. The highest BCUT2D eigenvalue weighted by molar-refractivity contribution is 5.89. The van der Waals surface area contributed by atoms with Crippen molar-refractivity contribution in [1.29, 1.82) is 0 Å². The van der Waals surface area contributed by atoms with Gasteiger partial charge in [-0.05, 0) is 82.0 Å². The standard InChI is InChI=1S/C39H55NO12/c1-21-7-9-29-23(3)31(45-34-38(29)27(21)11-15-36(5,47-34)49-51-38)19-26(20-43-32(41)25-13-17-40(42)18-14-25)44-33-24(4)30-10-8-22(2)28-12-16-37(6)48-35(46-33)39(28,30)52-50-37/h13-14,17-18,21-24,26-31,33-35H,7-12,15-16,19-20H2,1-6H3/t21-,22-,23-,24-,26?,27+,28+,29+,30+,31-,33+,34-,35-,36-,37-,38-,39-/m1/s1. The molecule has 288 valence electrons. The van der Waals surface area contributed by atoms with Gasteiger partial charge >= 0.3 is 5.97 Å². The number of esters is 1. The number of rotatable bonds is 7. The predicted molar refractivity (Wildman–Crippen MR) is 179 cm³/mol. The van der Waals surface area contributed by atoms with Gasteiger partial charge in [0.15, 0.2) is 42.5 Å². The highest BCUT2D eigenvalue weighted by atomic mass is 17.3. The fourth-order valence-corrected chi connectivity index (χ4v) is 11.7. The number of aromatic nitrogens is 1. The molecule has 0 amide bonds. The molecule has 2 saturated carbocycles. The molecule has 8 aliphatic heterocycles. The zero-order valence-corrected chi connectivity index (χ0v) is 31.2. The van der Waals surface area contributed by atoms with E-state index in [0.717, 1.165) is 51.4 Å². The summed E-state index contributed by atoms with van der Waals surface area (Å²) in [5, 5.41) is 11.6. The lowest BCUT2D eigenvalue weighted by molar-refractivity contribution is -0.605. The summed E-state index contributed by atoms with van der Waals surface area (Å²) < 4.78 is 40.5. The lowest BCUT2D eigenvalue weighted by atomic mass is 9.57. The van der Waals surface area contributed by atoms with Gasteiger partial charge in [0.05, 0.1) is 17.8 Å². The summed E-state index contributed by atoms with van der Waals surface area (Å²) in [5.74, 6) is -0.735. The van der Waals surface area contributed by atoms with Crippen molar-refractivity contribution in [3.63, 3.8) is 0 Å². The minimum Gasteiger partial charge on any atom is -0.619 e. The van der Waals surface area contributed by atoms with Crippen LogP contribution in [0.1, 0.15) is 110 Å². The molecule has 52 heavy (non-hydrogen) atoms. The molecule has 0 aromatic carbocycles. The van der Waals surface area contributed by atoms with Gasteiger partial charge < -0.3 is 33.6 Å². The van der Waals surface area contributed by atoms with E-state index in [0.29, 0.717) is 23.0 Å². The van der Waals surface area contributed by atoms with Crippen LogP contribution < -0.4 is 4.73 Å². The molecule has 4 bridgehead atoms. The summed E-state index contributed by atoms with van der Waals surface area (Å²) >= 11 is 0. The first-order chi connectivity index (χ1) is 24.8. The van der Waals surface area contributed by atoms with Crippen molar-refractivity contribution in [2.75, 3.05) is 6.61 Å². The van der Waals surface area contributed by atoms with Crippen molar-refractivity contribution in [3.8, 4) is 0 Å². The quantitative estimate of drug-likeness (QED) is 0.147. The molecular weight excluding hydrogens is 674 g/mol. The second-order valence-electron chi connectivity index (χ2n) is 17.8. The Hall–Kier alpha value is -1.94. The summed E-state index contributed by atoms with van der Waals surface area (Å²) in [5.41, 5.74) is -1.12. The molecular formula is C39H55NO12. The SMILES string of the molecule is C[C@H]1[C@@H](OC(COC(=O)c2cc[n+]([O-])cc2)C[C@H]2O[C@@H]3O[C@@]4(C)CC[C@H]5[C@H](C)CC[C@@H]([C@H]2C)[C@@]35OO4)O[C@@H]2O[C@@]3(C)CC[C@H]4[C@H](C)CC[C@@H]1[C@@]24OO3. The number of nitrogens with zero attached hydrogens (tertiary/aromatic N) is 1. The van der Waals surface area contributed by atoms with Crippen LogP contribution in [0.2, 0.25) is 0 Å². The van der Waals surface area contributed by atoms with Crippen molar-refractivity contribution >= 4 is 5.97 Å². The molecule has 9 heterocycles. The third kappa shape index (κ3) is 5.50. The summed E-state index contributed by atoms with van der Waals surface area (Å²) in [6.45, 7) is 12.8. The number of fused-ring (bicyclic) bond motifs is 4. The fourth-order valence-electron chi connectivity index (χ4n) is 11.7. The number of pyridine rings is 1. The fraction of sp³-hybridized carbons (Fsp3) is 0.846. The van der Waals surface area contributed by atoms with Crippen LogP contribution in [-0.2, 0) is 48.0 Å². The maximum atomic E-state index is 13.3. The van der Waals surface area contributed by atoms with Crippen LogP contribution in [-0.4, -0.2) is 66.4 Å². The van der Waals surface area contributed by atoms with Crippen molar-refractivity contribution in [1.82, 2.24) is 0 Å². The van der Waals surface area contributed by atoms with E-state index < -0.39 is 53.7 Å². The minimum atomic E-state index is -0.910. The zero-order valence-electron chi connectivity index (χ0n) is 31.2. The van der Waals surface area contributed by atoms with Gasteiger partial charge in [0.25, 0.3) is 0 Å². The molecule has 11 rings (SSSR count). The maximum absolute atomic E-state index is 13.3. The zero-order chi connectivity index (χ0) is 36.2. The van der Waals surface area contributed by atoms with Gasteiger partial charge in [-0.3, -0.25) is 0 Å². The molecule has 0 radical (unpaired) electrons. The van der Waals surface area contributed by atoms with Crippen molar-refractivity contribution in [3.05, 3.63) is 35.3 Å². The van der Waals surface area contributed by atoms with E-state index >= 15 is 0 Å². The average molecular weight is 730 g/mol. The van der Waals surface area contributed by atoms with Crippen LogP contribution in [0.15, 0.2) is 24.5 Å². The van der Waals surface area contributed by atoms with Gasteiger partial charge in [-0.2, -0.15) is 4.73 Å². The third-order valence-electron chi connectivity index (χ3n) is 14.7. The number of carbonyl (C=O) groups excluding carboxylic acids is 1. The van der Waals surface area contributed by atoms with Crippen molar-refractivity contribution < 1.29 is 57.5 Å². The van der Waals surface area contributed by atoms with Gasteiger partial charge in [0.2, 0.25) is 11.6 Å². The van der Waals surface area contributed by atoms with Crippen LogP contribution in [0.4, 0.5) is 0 Å². The van der Waals surface area contributed by atoms with Gasteiger partial charge in [-0.15, -0.1) is 0 Å². The molecule has 13 nitrogen and oxygen atoms in total.